The maximum absolute atomic E-state index is 12.9. The normalized spacial score (nSPS) is 11.7. The second-order valence-corrected chi connectivity index (χ2v) is 29.1. The van der Waals surface area contributed by atoms with Gasteiger partial charge in [0.15, 0.2) is 40.6 Å². The zero-order valence-electron chi connectivity index (χ0n) is 66.6. The summed E-state index contributed by atoms with van der Waals surface area (Å²) in [6, 6.07) is 79.6. The zero-order valence-corrected chi connectivity index (χ0v) is 66.6. The molecule has 4 N–H and O–H groups in total. The zero-order chi connectivity index (χ0) is 88.8. The summed E-state index contributed by atoms with van der Waals surface area (Å²) in [6.07, 6.45) is -17.5. The maximum atomic E-state index is 12.9. The minimum atomic E-state index is -4.39. The van der Waals surface area contributed by atoms with E-state index < -0.39 is 64.7 Å². The fraction of sp³-hybridized carbons (Fsp3) is 0.116. The van der Waals surface area contributed by atoms with E-state index >= 15 is 0 Å². The smallest absolute Gasteiger partial charge is 0.416 e. The predicted octanol–water partition coefficient (Wildman–Crippen LogP) is 23.9. The van der Waals surface area contributed by atoms with Gasteiger partial charge in [-0.2, -0.15) is 73.1 Å². The molecule has 636 valence electrons. The van der Waals surface area contributed by atoms with Crippen molar-refractivity contribution in [3.8, 4) is 11.3 Å². The molecule has 0 unspecified atom stereocenters. The number of alkyl halides is 12. The number of para-hydroxylation sites is 5. The van der Waals surface area contributed by atoms with Gasteiger partial charge in [0.1, 0.15) is 17.1 Å². The van der Waals surface area contributed by atoms with Gasteiger partial charge in [-0.05, 0) is 188 Å². The number of hydrogen-bond donors (Lipinski definition) is 4. The van der Waals surface area contributed by atoms with E-state index in [9.17, 15) is 71.9 Å². The van der Waals surface area contributed by atoms with Gasteiger partial charge in [0, 0.05) is 38.1 Å². The standard InChI is InChI=1S/C27H20F3N3O2.C24H16F3N3O2.C22H18F3N3O2.C22H16F3N3O/c1-17-6-10-19(11-7-17)23-14-15-24(35-23)26(34)31-25-21-4-2-3-5-22(21)33(32-25)16-18-8-12-20(13-9-18)27(28,29)30;25-24(26,27)17-11-9-15(10-12-17)14-30-19-7-3-2-6-18(19)22(29-30)28-23(31)21-13-16-5-1-4-8-20(16)32-21;1-13-11-19(30-14(13)2)21(29)26-20-17-5-3-4-6-18(17)28(27-20)12-15-7-9-16(10-8-15)22(23,24)25;23-22(24,25)17-12-10-15(11-13-17)14-28-19-9-5-4-8-18(19)20(27-28)26-21(29)16-6-2-1-3-7-16/h2-15H,16H2,1H3,(H,31,32,34);1-13H,14H2,(H,28,29,31);3-11H,12H2,1-2H3,(H,26,27,29);1-13H,14H2,(H,26,27,29). The first-order chi connectivity index (χ1) is 60.3. The molecule has 0 aliphatic heterocycles. The van der Waals surface area contributed by atoms with Crippen LogP contribution in [-0.2, 0) is 50.9 Å². The Labute approximate surface area is 708 Å². The van der Waals surface area contributed by atoms with Crippen LogP contribution in [0.25, 0.3) is 65.9 Å². The SMILES string of the molecule is Cc1cc(C(=O)Nc2nn(Cc3ccc(C(F)(F)F)cc3)c3ccccc23)oc1C.Cc1ccc(-c2ccc(C(=O)Nc3nn(Cc4ccc(C(F)(F)F)cc4)c4ccccc34)o2)cc1.O=C(Nc1nn(Cc2ccc(C(F)(F)F)cc2)c2ccccc12)c1cc2ccccc2o1.O=C(Nc1nn(Cc2ccc(C(F)(F)F)cc2)c2ccccc12)c1ccccc1. The Balaban J connectivity index is 0.000000130. The number of aromatic nitrogens is 8. The summed E-state index contributed by atoms with van der Waals surface area (Å²) < 4.78 is 177. The van der Waals surface area contributed by atoms with E-state index in [0.717, 1.165) is 103 Å². The number of aryl methyl sites for hydroxylation is 3. The number of anilines is 4. The molecule has 0 aliphatic carbocycles. The molecule has 19 nitrogen and oxygen atoms in total. The minimum absolute atomic E-state index is 0.141. The Morgan fingerprint density at radius 1 is 0.310 bits per heavy atom. The molecule has 0 spiro atoms. The monoisotopic (exact) mass is 1720 g/mol. The van der Waals surface area contributed by atoms with Gasteiger partial charge in [-0.25, -0.2) is 0 Å². The van der Waals surface area contributed by atoms with Crippen LogP contribution in [0.4, 0.5) is 76.0 Å². The van der Waals surface area contributed by atoms with Crippen molar-refractivity contribution in [2.75, 3.05) is 21.3 Å². The van der Waals surface area contributed by atoms with Crippen molar-refractivity contribution in [2.24, 2.45) is 0 Å². The number of halogens is 12. The summed E-state index contributed by atoms with van der Waals surface area (Å²) in [5.74, 6) is 1.58. The molecule has 0 radical (unpaired) electrons. The van der Waals surface area contributed by atoms with Gasteiger partial charge in [-0.15, -0.1) is 0 Å². The van der Waals surface area contributed by atoms with Crippen molar-refractivity contribution in [1.82, 2.24) is 39.1 Å². The number of hydrogen-bond acceptors (Lipinski definition) is 11. The van der Waals surface area contributed by atoms with Crippen LogP contribution in [0.3, 0.4) is 0 Å². The first-order valence-electron chi connectivity index (χ1n) is 38.8. The minimum Gasteiger partial charge on any atom is -0.456 e. The lowest BCUT2D eigenvalue weighted by atomic mass is 10.1. The number of carbonyl (C=O) groups excluding carboxylic acids is 4. The molecule has 0 aliphatic rings. The maximum Gasteiger partial charge on any atom is 0.416 e. The van der Waals surface area contributed by atoms with E-state index in [1.807, 2.05) is 159 Å². The van der Waals surface area contributed by atoms with E-state index in [0.29, 0.717) is 79.0 Å². The van der Waals surface area contributed by atoms with E-state index in [4.69, 9.17) is 13.3 Å². The lowest BCUT2D eigenvalue weighted by Gasteiger charge is -2.08. The van der Waals surface area contributed by atoms with Gasteiger partial charge in [-0.3, -0.25) is 37.9 Å². The third-order valence-electron chi connectivity index (χ3n) is 20.3. The molecule has 18 aromatic rings. The summed E-state index contributed by atoms with van der Waals surface area (Å²) >= 11 is 0. The fourth-order valence-corrected chi connectivity index (χ4v) is 13.6. The van der Waals surface area contributed by atoms with E-state index in [1.54, 1.807) is 80.2 Å². The largest absolute Gasteiger partial charge is 0.456 e. The van der Waals surface area contributed by atoms with Gasteiger partial charge in [0.25, 0.3) is 23.6 Å². The summed E-state index contributed by atoms with van der Waals surface area (Å²) in [6.45, 7) is 6.65. The van der Waals surface area contributed by atoms with Gasteiger partial charge in [0.2, 0.25) is 0 Å². The molecule has 0 saturated carbocycles. The molecule has 0 atom stereocenters. The van der Waals surface area contributed by atoms with E-state index in [1.165, 1.54) is 48.5 Å². The quantitative estimate of drug-likeness (QED) is 0.0627. The summed E-state index contributed by atoms with van der Waals surface area (Å²) in [5, 5.41) is 32.8. The van der Waals surface area contributed by atoms with Crippen LogP contribution in [-0.4, -0.2) is 62.8 Å². The van der Waals surface area contributed by atoms with Crippen LogP contribution in [0.5, 0.6) is 0 Å². The lowest BCUT2D eigenvalue weighted by Crippen LogP contribution is -2.13. The Kier molecular flexibility index (Phi) is 24.3. The fourth-order valence-electron chi connectivity index (χ4n) is 13.6. The summed E-state index contributed by atoms with van der Waals surface area (Å²) in [5.41, 5.74) is 6.81. The van der Waals surface area contributed by atoms with Crippen LogP contribution in [0.15, 0.2) is 311 Å². The molecule has 0 fully saturated rings. The second-order valence-electron chi connectivity index (χ2n) is 29.1. The van der Waals surface area contributed by atoms with Crippen molar-refractivity contribution < 1.29 is 85.1 Å². The van der Waals surface area contributed by atoms with Gasteiger partial charge >= 0.3 is 24.7 Å². The van der Waals surface area contributed by atoms with Crippen molar-refractivity contribution in [1.29, 1.82) is 0 Å². The number of amides is 4. The second kappa shape index (κ2) is 35.9. The highest BCUT2D eigenvalue weighted by atomic mass is 19.4. The molecule has 31 heteroatoms. The molecule has 4 amide bonds. The van der Waals surface area contributed by atoms with Gasteiger partial charge in [0.05, 0.1) is 70.5 Å². The Hall–Kier alpha value is -15.6. The van der Waals surface area contributed by atoms with E-state index in [2.05, 4.69) is 41.7 Å². The topological polar surface area (TPSA) is 227 Å². The number of nitrogens with one attached hydrogen (secondary N) is 4. The highest BCUT2D eigenvalue weighted by molar-refractivity contribution is 6.10. The van der Waals surface area contributed by atoms with Crippen molar-refractivity contribution >= 4 is 101 Å². The van der Waals surface area contributed by atoms with Crippen LogP contribution < -0.4 is 21.3 Å². The highest BCUT2D eigenvalue weighted by Crippen LogP contribution is 2.37. The number of carbonyl (C=O) groups is 4. The Morgan fingerprint density at radius 3 is 0.968 bits per heavy atom. The average molecular weight is 1720 g/mol. The Bertz CT molecular complexity index is 6910. The molecular formula is C95H70F12N12O7. The molecular weight excluding hydrogens is 1650 g/mol. The summed E-state index contributed by atoms with van der Waals surface area (Å²) in [4.78, 5) is 50.7. The molecule has 7 aromatic heterocycles. The first-order valence-corrected chi connectivity index (χ1v) is 38.8. The highest BCUT2D eigenvalue weighted by Gasteiger charge is 2.34. The van der Waals surface area contributed by atoms with Crippen molar-refractivity contribution in [2.45, 2.75) is 71.7 Å². The van der Waals surface area contributed by atoms with Crippen molar-refractivity contribution in [3.63, 3.8) is 0 Å². The van der Waals surface area contributed by atoms with Crippen LogP contribution in [0, 0.1) is 20.8 Å². The molecule has 7 heterocycles. The molecule has 11 aromatic carbocycles. The third kappa shape index (κ3) is 20.0. The molecule has 0 bridgehead atoms. The lowest BCUT2D eigenvalue weighted by molar-refractivity contribution is -0.138. The molecule has 18 rings (SSSR count). The van der Waals surface area contributed by atoms with Crippen LogP contribution in [0.1, 0.15) is 103 Å². The van der Waals surface area contributed by atoms with Gasteiger partial charge < -0.3 is 34.5 Å². The van der Waals surface area contributed by atoms with E-state index in [-0.39, 0.29) is 49.4 Å². The summed E-state index contributed by atoms with van der Waals surface area (Å²) in [7, 11) is 0. The molecule has 0 saturated heterocycles. The number of rotatable bonds is 17. The third-order valence-corrected chi connectivity index (χ3v) is 20.3. The predicted molar refractivity (Wildman–Crippen MR) is 453 cm³/mol. The van der Waals surface area contributed by atoms with Crippen LogP contribution in [0.2, 0.25) is 0 Å². The molecule has 126 heavy (non-hydrogen) atoms. The average Bonchev–Trinajstić information content (AvgIpc) is 1.66. The number of benzene rings is 11. The van der Waals surface area contributed by atoms with Crippen molar-refractivity contribution in [3.05, 3.63) is 381 Å². The number of nitrogens with zero attached hydrogens (tertiary/aromatic N) is 8. The number of furan rings is 3. The number of fused-ring (bicyclic) bond motifs is 5. The first kappa shape index (κ1) is 85.4. The van der Waals surface area contributed by atoms with Crippen LogP contribution >= 0.6 is 0 Å². The Morgan fingerprint density at radius 2 is 0.627 bits per heavy atom. The van der Waals surface area contributed by atoms with Gasteiger partial charge in [-0.1, -0.05) is 163 Å².